The average molecular weight is 301 g/mol. The van der Waals surface area contributed by atoms with Gasteiger partial charge in [0.2, 0.25) is 0 Å². The fourth-order valence-electron chi connectivity index (χ4n) is 2.52. The van der Waals surface area contributed by atoms with Crippen molar-refractivity contribution in [3.05, 3.63) is 71.3 Å². The lowest BCUT2D eigenvalue weighted by atomic mass is 9.98. The second-order valence-electron chi connectivity index (χ2n) is 5.18. The molecule has 1 aliphatic heterocycles. The monoisotopic (exact) mass is 301 g/mol. The Bertz CT molecular complexity index is 671. The number of guanidine groups is 1. The molecule has 0 spiro atoms. The van der Waals surface area contributed by atoms with Crippen LogP contribution in [0.1, 0.15) is 17.2 Å². The number of hydrogen-bond donors (Lipinski definition) is 2. The predicted octanol–water partition coefficient (Wildman–Crippen LogP) is 2.80. The smallest absolute Gasteiger partial charge is 0.191 e. The second kappa shape index (κ2) is 6.56. The van der Waals surface area contributed by atoms with E-state index in [2.05, 4.69) is 15.6 Å². The van der Waals surface area contributed by atoms with Crippen molar-refractivity contribution in [3.63, 3.8) is 0 Å². The first-order chi connectivity index (χ1) is 10.7. The maximum Gasteiger partial charge on any atom is 0.191 e. The topological polar surface area (TPSA) is 36.4 Å². The summed E-state index contributed by atoms with van der Waals surface area (Å²) in [4.78, 5) is 4.31. The van der Waals surface area contributed by atoms with Crippen molar-refractivity contribution in [1.82, 2.24) is 10.6 Å². The molecule has 0 amide bonds. The molecule has 114 valence electrons. The lowest BCUT2D eigenvalue weighted by Gasteiger charge is -2.21. The summed E-state index contributed by atoms with van der Waals surface area (Å²) in [6, 6.07) is 13.8. The van der Waals surface area contributed by atoms with Crippen molar-refractivity contribution in [2.24, 2.45) is 4.99 Å². The molecule has 0 fully saturated rings. The highest BCUT2D eigenvalue weighted by Gasteiger charge is 2.18. The van der Waals surface area contributed by atoms with Gasteiger partial charge in [-0.1, -0.05) is 42.5 Å². The molecule has 1 unspecified atom stereocenters. The van der Waals surface area contributed by atoms with Crippen LogP contribution in [0.15, 0.2) is 53.5 Å². The molecular weight excluding hydrogens is 284 g/mol. The van der Waals surface area contributed by atoms with Crippen LogP contribution < -0.4 is 10.6 Å². The standard InChI is InChI=1S/C17H17F2N3/c18-14-8-4-7-13(16(14)19)11-15(12-5-2-1-3-6-12)22-17-20-9-10-21-17/h1-8,15H,9-11H2,(H2,20,21,22). The van der Waals surface area contributed by atoms with Crippen LogP contribution in [-0.4, -0.2) is 19.0 Å². The molecule has 1 heterocycles. The number of aliphatic imine (C=N–C) groups is 1. The Balaban J connectivity index is 1.86. The van der Waals surface area contributed by atoms with Gasteiger partial charge in [-0.15, -0.1) is 0 Å². The third-order valence-electron chi connectivity index (χ3n) is 3.64. The van der Waals surface area contributed by atoms with Crippen molar-refractivity contribution < 1.29 is 8.78 Å². The highest BCUT2D eigenvalue weighted by atomic mass is 19.2. The van der Waals surface area contributed by atoms with Crippen LogP contribution in [0, 0.1) is 11.6 Å². The third-order valence-corrected chi connectivity index (χ3v) is 3.64. The Hall–Kier alpha value is -2.43. The summed E-state index contributed by atoms with van der Waals surface area (Å²) in [6.07, 6.45) is 0.342. The van der Waals surface area contributed by atoms with Crippen molar-refractivity contribution in [3.8, 4) is 0 Å². The molecule has 2 aromatic carbocycles. The van der Waals surface area contributed by atoms with Gasteiger partial charge in [-0.25, -0.2) is 8.78 Å². The summed E-state index contributed by atoms with van der Waals surface area (Å²) in [5.74, 6) is -0.905. The Labute approximate surface area is 128 Å². The number of halogens is 2. The fourth-order valence-corrected chi connectivity index (χ4v) is 2.52. The van der Waals surface area contributed by atoms with Gasteiger partial charge in [0.1, 0.15) is 0 Å². The quantitative estimate of drug-likeness (QED) is 0.911. The SMILES string of the molecule is Fc1cccc(CC(NC2=NCCN2)c2ccccc2)c1F. The van der Waals surface area contributed by atoms with E-state index in [1.807, 2.05) is 30.3 Å². The molecule has 22 heavy (non-hydrogen) atoms. The Morgan fingerprint density at radius 3 is 2.64 bits per heavy atom. The fraction of sp³-hybridized carbons (Fsp3) is 0.235. The highest BCUT2D eigenvalue weighted by molar-refractivity contribution is 5.81. The number of rotatable bonds is 4. The van der Waals surface area contributed by atoms with Gasteiger partial charge in [0, 0.05) is 6.54 Å². The molecule has 0 aliphatic carbocycles. The maximum absolute atomic E-state index is 13.9. The summed E-state index contributed by atoms with van der Waals surface area (Å²) in [5.41, 5.74) is 1.35. The van der Waals surface area contributed by atoms with Crippen LogP contribution in [0.3, 0.4) is 0 Å². The average Bonchev–Trinajstić information content (AvgIpc) is 3.05. The predicted molar refractivity (Wildman–Crippen MR) is 82.7 cm³/mol. The first-order valence-electron chi connectivity index (χ1n) is 7.27. The zero-order chi connectivity index (χ0) is 15.4. The van der Waals surface area contributed by atoms with Crippen LogP contribution in [0.4, 0.5) is 8.78 Å². The van der Waals surface area contributed by atoms with Crippen molar-refractivity contribution in [2.45, 2.75) is 12.5 Å². The molecule has 0 saturated heterocycles. The Kier molecular flexibility index (Phi) is 4.32. The number of benzene rings is 2. The van der Waals surface area contributed by atoms with Crippen LogP contribution in [-0.2, 0) is 6.42 Å². The minimum absolute atomic E-state index is 0.179. The van der Waals surface area contributed by atoms with Crippen molar-refractivity contribution >= 4 is 5.96 Å². The summed E-state index contributed by atoms with van der Waals surface area (Å²) in [5, 5.41) is 6.42. The van der Waals surface area contributed by atoms with E-state index in [4.69, 9.17) is 0 Å². The lowest BCUT2D eigenvalue weighted by Crippen LogP contribution is -2.37. The van der Waals surface area contributed by atoms with E-state index < -0.39 is 11.6 Å². The molecular formula is C17H17F2N3. The third kappa shape index (κ3) is 3.24. The van der Waals surface area contributed by atoms with Gasteiger partial charge in [0.15, 0.2) is 17.6 Å². The minimum Gasteiger partial charge on any atom is -0.355 e. The second-order valence-corrected chi connectivity index (χ2v) is 5.18. The highest BCUT2D eigenvalue weighted by Crippen LogP contribution is 2.21. The number of hydrogen-bond acceptors (Lipinski definition) is 3. The van der Waals surface area contributed by atoms with E-state index in [1.54, 1.807) is 6.07 Å². The van der Waals surface area contributed by atoms with E-state index in [-0.39, 0.29) is 6.04 Å². The first kappa shape index (κ1) is 14.5. The molecule has 0 radical (unpaired) electrons. The Morgan fingerprint density at radius 1 is 1.09 bits per heavy atom. The van der Waals surface area contributed by atoms with E-state index in [0.29, 0.717) is 17.9 Å². The van der Waals surface area contributed by atoms with Crippen molar-refractivity contribution in [1.29, 1.82) is 0 Å². The summed E-state index contributed by atoms with van der Waals surface area (Å²) >= 11 is 0. The molecule has 0 bridgehead atoms. The molecule has 0 aromatic heterocycles. The molecule has 0 saturated carbocycles. The largest absolute Gasteiger partial charge is 0.355 e. The van der Waals surface area contributed by atoms with E-state index in [1.165, 1.54) is 6.07 Å². The normalized spacial score (nSPS) is 15.1. The van der Waals surface area contributed by atoms with Gasteiger partial charge in [0.05, 0.1) is 12.6 Å². The van der Waals surface area contributed by atoms with E-state index >= 15 is 0 Å². The molecule has 5 heteroatoms. The lowest BCUT2D eigenvalue weighted by molar-refractivity contribution is 0.490. The van der Waals surface area contributed by atoms with Crippen molar-refractivity contribution in [2.75, 3.05) is 13.1 Å². The van der Waals surface area contributed by atoms with Gasteiger partial charge < -0.3 is 10.6 Å². The van der Waals surface area contributed by atoms with E-state index in [0.717, 1.165) is 24.7 Å². The van der Waals surface area contributed by atoms with Gasteiger partial charge in [-0.05, 0) is 23.6 Å². The van der Waals surface area contributed by atoms with Crippen LogP contribution >= 0.6 is 0 Å². The Morgan fingerprint density at radius 2 is 1.91 bits per heavy atom. The summed E-state index contributed by atoms with van der Waals surface area (Å²) in [6.45, 7) is 1.51. The van der Waals surface area contributed by atoms with Gasteiger partial charge in [-0.3, -0.25) is 4.99 Å². The number of nitrogens with zero attached hydrogens (tertiary/aromatic N) is 1. The van der Waals surface area contributed by atoms with Gasteiger partial charge in [-0.2, -0.15) is 0 Å². The minimum atomic E-state index is -0.819. The molecule has 3 rings (SSSR count). The molecule has 3 nitrogen and oxygen atoms in total. The van der Waals surface area contributed by atoms with E-state index in [9.17, 15) is 8.78 Å². The zero-order valence-corrected chi connectivity index (χ0v) is 12.0. The maximum atomic E-state index is 13.9. The molecule has 2 N–H and O–H groups in total. The van der Waals surface area contributed by atoms with Gasteiger partial charge >= 0.3 is 0 Å². The molecule has 1 atom stereocenters. The van der Waals surface area contributed by atoms with Crippen LogP contribution in [0.2, 0.25) is 0 Å². The number of nitrogens with one attached hydrogen (secondary N) is 2. The molecule has 2 aromatic rings. The first-order valence-corrected chi connectivity index (χ1v) is 7.27. The molecule has 1 aliphatic rings. The summed E-state index contributed by atoms with van der Waals surface area (Å²) in [7, 11) is 0. The zero-order valence-electron chi connectivity index (χ0n) is 12.0. The van der Waals surface area contributed by atoms with Crippen LogP contribution in [0.5, 0.6) is 0 Å². The summed E-state index contributed by atoms with van der Waals surface area (Å²) < 4.78 is 27.3. The van der Waals surface area contributed by atoms with Gasteiger partial charge in [0.25, 0.3) is 0 Å². The van der Waals surface area contributed by atoms with Crippen LogP contribution in [0.25, 0.3) is 0 Å².